The highest BCUT2D eigenvalue weighted by Crippen LogP contribution is 2.29. The van der Waals surface area contributed by atoms with Crippen molar-refractivity contribution in [3.05, 3.63) is 46.8 Å². The van der Waals surface area contributed by atoms with E-state index in [-0.39, 0.29) is 11.6 Å². The fourth-order valence-corrected chi connectivity index (χ4v) is 2.23. The van der Waals surface area contributed by atoms with E-state index < -0.39 is 0 Å². The molecule has 0 aliphatic carbocycles. The van der Waals surface area contributed by atoms with Crippen molar-refractivity contribution in [2.24, 2.45) is 0 Å². The highest BCUT2D eigenvalue weighted by atomic mass is 35.5. The van der Waals surface area contributed by atoms with Crippen molar-refractivity contribution in [3.8, 4) is 11.8 Å². The third-order valence-corrected chi connectivity index (χ3v) is 3.42. The molecule has 1 atom stereocenters. The zero-order chi connectivity index (χ0) is 16.9. The predicted octanol–water partition coefficient (Wildman–Crippen LogP) is 4.10. The van der Waals surface area contributed by atoms with Gasteiger partial charge in [0.05, 0.1) is 5.56 Å². The largest absolute Gasteiger partial charge is 0.482 e. The first-order valence-electron chi connectivity index (χ1n) is 7.40. The van der Waals surface area contributed by atoms with Crippen LogP contribution in [0.4, 0.5) is 0 Å². The maximum atomic E-state index is 9.22. The smallest absolute Gasteiger partial charge is 0.145 e. The van der Waals surface area contributed by atoms with E-state index in [1.807, 2.05) is 0 Å². The van der Waals surface area contributed by atoms with E-state index in [0.717, 1.165) is 6.54 Å². The van der Waals surface area contributed by atoms with Gasteiger partial charge in [0.1, 0.15) is 29.9 Å². The first-order chi connectivity index (χ1) is 10.9. The third-order valence-electron chi connectivity index (χ3n) is 3.18. The van der Waals surface area contributed by atoms with E-state index in [1.165, 1.54) is 6.26 Å². The van der Waals surface area contributed by atoms with Crippen LogP contribution in [0.15, 0.2) is 35.1 Å². The number of benzene rings is 1. The molecule has 0 aliphatic rings. The number of hydrogen-bond donors (Lipinski definition) is 1. The Morgan fingerprint density at radius 2 is 2.17 bits per heavy atom. The van der Waals surface area contributed by atoms with E-state index in [1.54, 1.807) is 24.3 Å². The molecule has 1 aromatic carbocycles. The summed E-state index contributed by atoms with van der Waals surface area (Å²) in [6.07, 6.45) is 1.86. The van der Waals surface area contributed by atoms with Gasteiger partial charge >= 0.3 is 0 Å². The van der Waals surface area contributed by atoms with Crippen molar-refractivity contribution in [2.45, 2.75) is 38.8 Å². The minimum absolute atomic E-state index is 0.0161. The minimum atomic E-state index is -0.325. The highest BCUT2D eigenvalue weighted by molar-refractivity contribution is 6.30. The second kappa shape index (κ2) is 7.49. The normalized spacial score (nSPS) is 12.7. The summed E-state index contributed by atoms with van der Waals surface area (Å²) >= 11 is 6.01. The van der Waals surface area contributed by atoms with Crippen LogP contribution >= 0.6 is 11.6 Å². The van der Waals surface area contributed by atoms with Crippen molar-refractivity contribution in [3.63, 3.8) is 0 Å². The summed E-state index contributed by atoms with van der Waals surface area (Å²) in [7, 11) is 0. The van der Waals surface area contributed by atoms with Crippen LogP contribution in [0, 0.1) is 11.3 Å². The Morgan fingerprint density at radius 1 is 1.39 bits per heavy atom. The Bertz CT molecular complexity index is 672. The summed E-state index contributed by atoms with van der Waals surface area (Å²) in [6.45, 7) is 7.04. The lowest BCUT2D eigenvalue weighted by molar-refractivity contribution is 0.179. The van der Waals surface area contributed by atoms with Gasteiger partial charge in [-0.2, -0.15) is 5.26 Å². The van der Waals surface area contributed by atoms with Crippen molar-refractivity contribution >= 4 is 11.6 Å². The molecule has 1 aromatic heterocycles. The summed E-state index contributed by atoms with van der Waals surface area (Å²) in [4.78, 5) is 0. The van der Waals surface area contributed by atoms with Crippen LogP contribution in [-0.4, -0.2) is 17.2 Å². The molecule has 0 aliphatic heterocycles. The molecular formula is C17H20ClN3O2. The number of nitriles is 1. The zero-order valence-corrected chi connectivity index (χ0v) is 14.2. The van der Waals surface area contributed by atoms with Gasteiger partial charge in [-0.3, -0.25) is 0 Å². The van der Waals surface area contributed by atoms with Gasteiger partial charge in [-0.15, -0.1) is 0 Å². The zero-order valence-electron chi connectivity index (χ0n) is 13.5. The molecule has 0 unspecified atom stereocenters. The van der Waals surface area contributed by atoms with E-state index in [2.05, 4.69) is 37.3 Å². The van der Waals surface area contributed by atoms with Gasteiger partial charge in [0.25, 0.3) is 0 Å². The standard InChI is InChI=1S/C17H20ClN3O2/c1-17(2,3)20-8-6-15(14-7-9-22-21-14)23-16-10-13(18)5-4-12(16)11-19/h4-5,7,9-10,15,20H,6,8H2,1-3H3/t15-/m1/s1. The summed E-state index contributed by atoms with van der Waals surface area (Å²) in [5.41, 5.74) is 1.14. The number of halogens is 1. The van der Waals surface area contributed by atoms with Gasteiger partial charge in [0.15, 0.2) is 0 Å². The lowest BCUT2D eigenvalue weighted by Gasteiger charge is -2.23. The average molecular weight is 334 g/mol. The second-order valence-electron chi connectivity index (χ2n) is 6.25. The Morgan fingerprint density at radius 3 is 2.78 bits per heavy atom. The molecule has 0 radical (unpaired) electrons. The Balaban J connectivity index is 2.16. The summed E-state index contributed by atoms with van der Waals surface area (Å²) < 4.78 is 10.9. The molecule has 122 valence electrons. The van der Waals surface area contributed by atoms with Crippen LogP contribution in [-0.2, 0) is 0 Å². The van der Waals surface area contributed by atoms with Crippen LogP contribution in [0.1, 0.15) is 44.6 Å². The fourth-order valence-electron chi connectivity index (χ4n) is 2.07. The summed E-state index contributed by atoms with van der Waals surface area (Å²) in [5, 5.41) is 17.1. The topological polar surface area (TPSA) is 71.1 Å². The number of hydrogen-bond acceptors (Lipinski definition) is 5. The number of aromatic nitrogens is 1. The first-order valence-corrected chi connectivity index (χ1v) is 7.78. The first kappa shape index (κ1) is 17.3. The maximum Gasteiger partial charge on any atom is 0.145 e. The molecule has 6 heteroatoms. The summed E-state index contributed by atoms with van der Waals surface area (Å²) in [6, 6.07) is 8.83. The summed E-state index contributed by atoms with van der Waals surface area (Å²) in [5.74, 6) is 0.448. The molecule has 5 nitrogen and oxygen atoms in total. The fraction of sp³-hybridized carbons (Fsp3) is 0.412. The van der Waals surface area contributed by atoms with Gasteiger partial charge in [0, 0.05) is 29.1 Å². The van der Waals surface area contributed by atoms with Crippen LogP contribution in [0.25, 0.3) is 0 Å². The molecule has 0 fully saturated rings. The van der Waals surface area contributed by atoms with Gasteiger partial charge in [-0.1, -0.05) is 16.8 Å². The quantitative estimate of drug-likeness (QED) is 0.861. The minimum Gasteiger partial charge on any atom is -0.482 e. The molecular weight excluding hydrogens is 314 g/mol. The molecule has 2 rings (SSSR count). The second-order valence-corrected chi connectivity index (χ2v) is 6.68. The van der Waals surface area contributed by atoms with E-state index in [4.69, 9.17) is 20.9 Å². The Kier molecular flexibility index (Phi) is 5.64. The lowest BCUT2D eigenvalue weighted by atomic mass is 10.1. The molecule has 0 saturated carbocycles. The molecule has 2 aromatic rings. The Labute approximate surface area is 141 Å². The van der Waals surface area contributed by atoms with Crippen LogP contribution in [0.5, 0.6) is 5.75 Å². The monoisotopic (exact) mass is 333 g/mol. The van der Waals surface area contributed by atoms with Crippen molar-refractivity contribution in [1.29, 1.82) is 5.26 Å². The van der Waals surface area contributed by atoms with Gasteiger partial charge in [-0.25, -0.2) is 0 Å². The number of rotatable bonds is 6. The lowest BCUT2D eigenvalue weighted by Crippen LogP contribution is -2.37. The molecule has 0 saturated heterocycles. The van der Waals surface area contributed by atoms with Crippen molar-refractivity contribution in [1.82, 2.24) is 10.5 Å². The molecule has 0 spiro atoms. The molecule has 23 heavy (non-hydrogen) atoms. The predicted molar refractivity (Wildman–Crippen MR) is 88.4 cm³/mol. The van der Waals surface area contributed by atoms with Crippen LogP contribution < -0.4 is 10.1 Å². The van der Waals surface area contributed by atoms with Gasteiger partial charge < -0.3 is 14.6 Å². The van der Waals surface area contributed by atoms with Gasteiger partial charge in [-0.05, 0) is 39.4 Å². The average Bonchev–Trinajstić information content (AvgIpc) is 2.99. The number of nitrogens with zero attached hydrogens (tertiary/aromatic N) is 2. The van der Waals surface area contributed by atoms with Gasteiger partial charge in [0.2, 0.25) is 0 Å². The van der Waals surface area contributed by atoms with E-state index in [0.29, 0.717) is 28.5 Å². The molecule has 1 heterocycles. The number of ether oxygens (including phenoxy) is 1. The van der Waals surface area contributed by atoms with Crippen LogP contribution in [0.3, 0.4) is 0 Å². The van der Waals surface area contributed by atoms with E-state index in [9.17, 15) is 5.26 Å². The SMILES string of the molecule is CC(C)(C)NCC[C@@H](Oc1cc(Cl)ccc1C#N)c1ccon1. The highest BCUT2D eigenvalue weighted by Gasteiger charge is 2.19. The Hall–Kier alpha value is -2.03. The van der Waals surface area contributed by atoms with Crippen molar-refractivity contribution in [2.75, 3.05) is 6.54 Å². The molecule has 0 bridgehead atoms. The number of nitrogens with one attached hydrogen (secondary N) is 1. The third kappa shape index (κ3) is 5.27. The van der Waals surface area contributed by atoms with Crippen molar-refractivity contribution < 1.29 is 9.26 Å². The van der Waals surface area contributed by atoms with Crippen LogP contribution in [0.2, 0.25) is 5.02 Å². The van der Waals surface area contributed by atoms with E-state index >= 15 is 0 Å². The molecule has 0 amide bonds. The molecule has 1 N–H and O–H groups in total. The maximum absolute atomic E-state index is 9.22.